The highest BCUT2D eigenvalue weighted by atomic mass is 32.2. The summed E-state index contributed by atoms with van der Waals surface area (Å²) in [5, 5.41) is 2.80. The number of methoxy groups -OCH3 is 1. The topological polar surface area (TPSA) is 75.7 Å². The van der Waals surface area contributed by atoms with E-state index in [1.54, 1.807) is 54.6 Å². The number of amides is 1. The number of rotatable bonds is 7. The van der Waals surface area contributed by atoms with Crippen molar-refractivity contribution in [3.05, 3.63) is 83.4 Å². The highest BCUT2D eigenvalue weighted by molar-refractivity contribution is 7.92. The maximum Gasteiger partial charge on any atom is 0.264 e. The van der Waals surface area contributed by atoms with Crippen LogP contribution in [0.2, 0.25) is 0 Å². The van der Waals surface area contributed by atoms with Gasteiger partial charge in [0.2, 0.25) is 5.91 Å². The number of carbonyl (C=O) groups is 1. The van der Waals surface area contributed by atoms with Gasteiger partial charge in [-0.2, -0.15) is 0 Å². The molecule has 0 unspecified atom stereocenters. The lowest BCUT2D eigenvalue weighted by molar-refractivity contribution is -0.114. The SMILES string of the molecule is COc1ccc(N(CC(=O)Nc2ccc(C)c(C)c2)S(=O)(=O)c2ccc(C)cc2)cc1. The van der Waals surface area contributed by atoms with E-state index < -0.39 is 15.9 Å². The van der Waals surface area contributed by atoms with E-state index in [0.717, 1.165) is 21.0 Å². The Balaban J connectivity index is 1.93. The quantitative estimate of drug-likeness (QED) is 0.591. The van der Waals surface area contributed by atoms with Crippen LogP contribution in [0.15, 0.2) is 71.6 Å². The third-order valence-corrected chi connectivity index (χ3v) is 6.84. The number of anilines is 2. The molecule has 0 aromatic heterocycles. The molecule has 0 aliphatic carbocycles. The Morgan fingerprint density at radius 3 is 2.13 bits per heavy atom. The van der Waals surface area contributed by atoms with Crippen LogP contribution in [0.4, 0.5) is 11.4 Å². The average molecular weight is 439 g/mol. The Hall–Kier alpha value is -3.32. The predicted molar refractivity (Wildman–Crippen MR) is 123 cm³/mol. The van der Waals surface area contributed by atoms with Crippen molar-refractivity contribution in [2.24, 2.45) is 0 Å². The van der Waals surface area contributed by atoms with Gasteiger partial charge in [-0.15, -0.1) is 0 Å². The van der Waals surface area contributed by atoms with Gasteiger partial charge in [0.1, 0.15) is 12.3 Å². The van der Waals surface area contributed by atoms with Crippen molar-refractivity contribution in [1.29, 1.82) is 0 Å². The van der Waals surface area contributed by atoms with E-state index >= 15 is 0 Å². The van der Waals surface area contributed by atoms with Crippen LogP contribution in [0.5, 0.6) is 5.75 Å². The molecule has 7 heteroatoms. The predicted octanol–water partition coefficient (Wildman–Crippen LogP) is 4.45. The van der Waals surface area contributed by atoms with Crippen LogP contribution < -0.4 is 14.4 Å². The second kappa shape index (κ2) is 9.22. The lowest BCUT2D eigenvalue weighted by Gasteiger charge is -2.24. The lowest BCUT2D eigenvalue weighted by atomic mass is 10.1. The molecule has 1 N–H and O–H groups in total. The fourth-order valence-corrected chi connectivity index (χ4v) is 4.47. The highest BCUT2D eigenvalue weighted by Crippen LogP contribution is 2.26. The number of nitrogens with zero attached hydrogens (tertiary/aromatic N) is 1. The summed E-state index contributed by atoms with van der Waals surface area (Å²) in [5.74, 6) is 0.158. The van der Waals surface area contributed by atoms with E-state index in [0.29, 0.717) is 17.1 Å². The van der Waals surface area contributed by atoms with E-state index in [9.17, 15) is 13.2 Å². The Morgan fingerprint density at radius 2 is 1.55 bits per heavy atom. The summed E-state index contributed by atoms with van der Waals surface area (Å²) in [4.78, 5) is 12.9. The van der Waals surface area contributed by atoms with Crippen molar-refractivity contribution in [3.8, 4) is 5.75 Å². The van der Waals surface area contributed by atoms with Gasteiger partial charge in [-0.1, -0.05) is 23.8 Å². The molecule has 31 heavy (non-hydrogen) atoms. The Bertz CT molecular complexity index is 1170. The monoisotopic (exact) mass is 438 g/mol. The lowest BCUT2D eigenvalue weighted by Crippen LogP contribution is -2.38. The zero-order valence-corrected chi connectivity index (χ0v) is 18.9. The number of benzene rings is 3. The average Bonchev–Trinajstić information content (AvgIpc) is 2.75. The van der Waals surface area contributed by atoms with Crippen molar-refractivity contribution in [3.63, 3.8) is 0 Å². The minimum absolute atomic E-state index is 0.118. The van der Waals surface area contributed by atoms with E-state index in [1.165, 1.54) is 7.11 Å². The number of nitrogens with one attached hydrogen (secondary N) is 1. The smallest absolute Gasteiger partial charge is 0.264 e. The molecule has 6 nitrogen and oxygen atoms in total. The first-order chi connectivity index (χ1) is 14.7. The molecule has 3 aromatic carbocycles. The zero-order chi connectivity index (χ0) is 22.6. The van der Waals surface area contributed by atoms with Gasteiger partial charge in [0.15, 0.2) is 0 Å². The second-order valence-corrected chi connectivity index (χ2v) is 9.23. The maximum absolute atomic E-state index is 13.4. The zero-order valence-electron chi connectivity index (χ0n) is 18.0. The van der Waals surface area contributed by atoms with Crippen molar-refractivity contribution in [1.82, 2.24) is 0 Å². The Kier molecular flexibility index (Phi) is 6.65. The minimum Gasteiger partial charge on any atom is -0.497 e. The molecule has 0 fully saturated rings. The molecule has 3 rings (SSSR count). The van der Waals surface area contributed by atoms with Crippen LogP contribution >= 0.6 is 0 Å². The first-order valence-electron chi connectivity index (χ1n) is 9.81. The molecule has 0 aliphatic heterocycles. The van der Waals surface area contributed by atoms with Crippen LogP contribution in [0.3, 0.4) is 0 Å². The van der Waals surface area contributed by atoms with Gasteiger partial charge in [0.05, 0.1) is 17.7 Å². The molecule has 0 radical (unpaired) electrons. The van der Waals surface area contributed by atoms with E-state index in [1.807, 2.05) is 32.9 Å². The maximum atomic E-state index is 13.4. The summed E-state index contributed by atoms with van der Waals surface area (Å²) >= 11 is 0. The van der Waals surface area contributed by atoms with Crippen molar-refractivity contribution < 1.29 is 17.9 Å². The molecule has 0 heterocycles. The molecule has 162 valence electrons. The molecule has 0 saturated carbocycles. The number of hydrogen-bond acceptors (Lipinski definition) is 4. The number of sulfonamides is 1. The van der Waals surface area contributed by atoms with Crippen LogP contribution in [0, 0.1) is 20.8 Å². The van der Waals surface area contributed by atoms with Gasteiger partial charge in [-0.3, -0.25) is 9.10 Å². The van der Waals surface area contributed by atoms with Gasteiger partial charge >= 0.3 is 0 Å². The van der Waals surface area contributed by atoms with Crippen LogP contribution in [-0.4, -0.2) is 28.0 Å². The first-order valence-corrected chi connectivity index (χ1v) is 11.3. The Morgan fingerprint density at radius 1 is 0.903 bits per heavy atom. The summed E-state index contributed by atoms with van der Waals surface area (Å²) in [7, 11) is -2.43. The molecular formula is C24H26N2O4S. The van der Waals surface area contributed by atoms with Crippen LogP contribution in [0.1, 0.15) is 16.7 Å². The third kappa shape index (κ3) is 5.24. The summed E-state index contributed by atoms with van der Waals surface area (Å²) in [5.41, 5.74) is 4.09. The molecule has 0 bridgehead atoms. The molecule has 0 spiro atoms. The summed E-state index contributed by atoms with van der Waals surface area (Å²) in [6.45, 7) is 5.46. The van der Waals surface area contributed by atoms with Gasteiger partial charge in [0.25, 0.3) is 10.0 Å². The molecule has 1 amide bonds. The largest absolute Gasteiger partial charge is 0.497 e. The highest BCUT2D eigenvalue weighted by Gasteiger charge is 2.27. The van der Waals surface area contributed by atoms with Crippen molar-refractivity contribution in [2.45, 2.75) is 25.7 Å². The standard InChI is InChI=1S/C24H26N2O4S/c1-17-5-13-23(14-6-17)31(28,29)26(21-9-11-22(30-4)12-10-21)16-24(27)25-20-8-7-18(2)19(3)15-20/h5-15H,16H2,1-4H3,(H,25,27). The van der Waals surface area contributed by atoms with Crippen LogP contribution in [-0.2, 0) is 14.8 Å². The van der Waals surface area contributed by atoms with E-state index in [2.05, 4.69) is 5.32 Å². The molecular weight excluding hydrogens is 412 g/mol. The summed E-state index contributed by atoms with van der Waals surface area (Å²) in [6.07, 6.45) is 0. The number of ether oxygens (including phenoxy) is 1. The molecule has 3 aromatic rings. The number of aryl methyl sites for hydroxylation is 3. The summed E-state index contributed by atoms with van der Waals surface area (Å²) in [6, 6.07) is 18.7. The fraction of sp³-hybridized carbons (Fsp3) is 0.208. The van der Waals surface area contributed by atoms with Gasteiger partial charge in [-0.05, 0) is 80.4 Å². The van der Waals surface area contributed by atoms with Crippen molar-refractivity contribution in [2.75, 3.05) is 23.3 Å². The second-order valence-electron chi connectivity index (χ2n) is 7.37. The fourth-order valence-electron chi connectivity index (χ4n) is 3.05. The van der Waals surface area contributed by atoms with Gasteiger partial charge in [-0.25, -0.2) is 8.42 Å². The normalized spacial score (nSPS) is 11.1. The van der Waals surface area contributed by atoms with Gasteiger partial charge in [0, 0.05) is 5.69 Å². The molecule has 0 atom stereocenters. The van der Waals surface area contributed by atoms with Crippen molar-refractivity contribution >= 4 is 27.3 Å². The molecule has 0 aliphatic rings. The van der Waals surface area contributed by atoms with E-state index in [-0.39, 0.29) is 11.4 Å². The number of hydrogen-bond donors (Lipinski definition) is 1. The Labute approximate surface area is 183 Å². The third-order valence-electron chi connectivity index (χ3n) is 5.05. The number of carbonyl (C=O) groups excluding carboxylic acids is 1. The van der Waals surface area contributed by atoms with Gasteiger partial charge < -0.3 is 10.1 Å². The first kappa shape index (κ1) is 22.4. The minimum atomic E-state index is -3.96. The van der Waals surface area contributed by atoms with Crippen LogP contribution in [0.25, 0.3) is 0 Å². The molecule has 0 saturated heterocycles. The van der Waals surface area contributed by atoms with E-state index in [4.69, 9.17) is 4.74 Å². The summed E-state index contributed by atoms with van der Waals surface area (Å²) < 4.78 is 33.1.